The van der Waals surface area contributed by atoms with Gasteiger partial charge < -0.3 is 9.47 Å². The number of benzene rings is 1. The normalized spacial score (nSPS) is 11.8. The molecule has 0 aliphatic carbocycles. The molecule has 0 atom stereocenters. The van der Waals surface area contributed by atoms with Crippen LogP contribution in [0.3, 0.4) is 0 Å². The van der Waals surface area contributed by atoms with Crippen molar-refractivity contribution in [2.75, 3.05) is 12.4 Å². The number of nitrogens with one attached hydrogen (secondary N) is 1. The van der Waals surface area contributed by atoms with Gasteiger partial charge in [-0.15, -0.1) is 0 Å². The minimum Gasteiger partial charge on any atom is -0.496 e. The zero-order valence-electron chi connectivity index (χ0n) is 13.2. The maximum Gasteiger partial charge on any atom is 0.450 e. The summed E-state index contributed by atoms with van der Waals surface area (Å²) in [6, 6.07) is 3.98. The van der Waals surface area contributed by atoms with Crippen molar-refractivity contribution in [1.29, 1.82) is 0 Å². The van der Waals surface area contributed by atoms with Gasteiger partial charge in [0.25, 0.3) is 0 Å². The van der Waals surface area contributed by atoms with Gasteiger partial charge in [-0.1, -0.05) is 6.07 Å². The van der Waals surface area contributed by atoms with E-state index in [-0.39, 0.29) is 17.0 Å². The van der Waals surface area contributed by atoms with Gasteiger partial charge in [-0.3, -0.25) is 10.1 Å². The van der Waals surface area contributed by atoms with Crippen molar-refractivity contribution in [1.82, 2.24) is 0 Å². The highest BCUT2D eigenvalue weighted by atomic mass is 19.4. The van der Waals surface area contributed by atoms with Crippen molar-refractivity contribution in [3.05, 3.63) is 23.8 Å². The number of rotatable bonds is 4. The Hall–Kier alpha value is -2.25. The quantitative estimate of drug-likeness (QED) is 0.912. The smallest absolute Gasteiger partial charge is 0.450 e. The van der Waals surface area contributed by atoms with Crippen LogP contribution in [0, 0.1) is 0 Å². The highest BCUT2D eigenvalue weighted by Gasteiger charge is 2.38. The lowest BCUT2D eigenvalue weighted by Gasteiger charge is -2.20. The fourth-order valence-corrected chi connectivity index (χ4v) is 1.66. The van der Waals surface area contributed by atoms with E-state index in [2.05, 4.69) is 5.32 Å². The van der Waals surface area contributed by atoms with Crippen LogP contribution in [-0.4, -0.2) is 30.8 Å². The van der Waals surface area contributed by atoms with Crippen molar-refractivity contribution >= 4 is 17.6 Å². The Bertz CT molecular complexity index is 591. The molecule has 1 N–H and O–H groups in total. The summed E-state index contributed by atoms with van der Waals surface area (Å²) < 4.78 is 47.0. The molecule has 0 saturated heterocycles. The molecule has 23 heavy (non-hydrogen) atoms. The van der Waals surface area contributed by atoms with E-state index in [4.69, 9.17) is 9.47 Å². The average molecular weight is 333 g/mol. The fourth-order valence-electron chi connectivity index (χ4n) is 1.66. The SMILES string of the molecule is COc1cc(NC(=O)OC(C)(C)C)ccc1CC(=O)C(F)(F)F. The van der Waals surface area contributed by atoms with Crippen molar-refractivity contribution in [3.63, 3.8) is 0 Å². The Morgan fingerprint density at radius 2 is 1.78 bits per heavy atom. The summed E-state index contributed by atoms with van der Waals surface area (Å²) in [5, 5.41) is 2.44. The highest BCUT2D eigenvalue weighted by Crippen LogP contribution is 2.27. The zero-order chi connectivity index (χ0) is 17.8. The van der Waals surface area contributed by atoms with Gasteiger partial charge in [-0.05, 0) is 26.8 Å². The lowest BCUT2D eigenvalue weighted by Crippen LogP contribution is -2.27. The van der Waals surface area contributed by atoms with Gasteiger partial charge in [0.2, 0.25) is 5.78 Å². The molecular weight excluding hydrogens is 315 g/mol. The van der Waals surface area contributed by atoms with Gasteiger partial charge in [0, 0.05) is 23.7 Å². The summed E-state index contributed by atoms with van der Waals surface area (Å²) in [6.45, 7) is 5.08. The molecule has 0 unspecified atom stereocenters. The molecule has 1 aromatic carbocycles. The second-order valence-electron chi connectivity index (χ2n) is 5.75. The van der Waals surface area contributed by atoms with E-state index in [1.54, 1.807) is 20.8 Å². The number of methoxy groups -OCH3 is 1. The molecule has 0 aromatic heterocycles. The first-order valence-corrected chi connectivity index (χ1v) is 6.69. The van der Waals surface area contributed by atoms with Crippen LogP contribution in [0.25, 0.3) is 0 Å². The molecule has 0 fully saturated rings. The first-order valence-electron chi connectivity index (χ1n) is 6.69. The molecule has 5 nitrogen and oxygen atoms in total. The zero-order valence-corrected chi connectivity index (χ0v) is 13.2. The summed E-state index contributed by atoms with van der Waals surface area (Å²) in [4.78, 5) is 22.7. The number of amides is 1. The molecule has 0 aliphatic rings. The molecule has 128 valence electrons. The van der Waals surface area contributed by atoms with E-state index in [9.17, 15) is 22.8 Å². The summed E-state index contributed by atoms with van der Waals surface area (Å²) >= 11 is 0. The lowest BCUT2D eigenvalue weighted by molar-refractivity contribution is -0.170. The number of ketones is 1. The molecule has 0 heterocycles. The van der Waals surface area contributed by atoms with E-state index in [0.717, 1.165) is 0 Å². The topological polar surface area (TPSA) is 64.6 Å². The molecule has 0 radical (unpaired) electrons. The van der Waals surface area contributed by atoms with Crippen molar-refractivity contribution in [3.8, 4) is 5.75 Å². The minimum atomic E-state index is -4.90. The largest absolute Gasteiger partial charge is 0.496 e. The Kier molecular flexibility index (Phi) is 5.63. The van der Waals surface area contributed by atoms with Crippen molar-refractivity contribution in [2.45, 2.75) is 39.0 Å². The van der Waals surface area contributed by atoms with Crippen LogP contribution in [0.5, 0.6) is 5.75 Å². The molecule has 0 spiro atoms. The lowest BCUT2D eigenvalue weighted by atomic mass is 10.1. The summed E-state index contributed by atoms with van der Waals surface area (Å²) in [6.07, 6.45) is -6.45. The third kappa shape index (κ3) is 6.17. The summed E-state index contributed by atoms with van der Waals surface area (Å²) in [5.41, 5.74) is -0.336. The van der Waals surface area contributed by atoms with E-state index in [1.807, 2.05) is 0 Å². The second-order valence-corrected chi connectivity index (χ2v) is 5.75. The van der Waals surface area contributed by atoms with Crippen LogP contribution in [-0.2, 0) is 16.0 Å². The van der Waals surface area contributed by atoms with Gasteiger partial charge >= 0.3 is 12.3 Å². The standard InChI is InChI=1S/C15H18F3NO4/c1-14(2,3)23-13(21)19-10-6-5-9(11(8-10)22-4)7-12(20)15(16,17)18/h5-6,8H,7H2,1-4H3,(H,19,21). The van der Waals surface area contributed by atoms with E-state index in [0.29, 0.717) is 0 Å². The Morgan fingerprint density at radius 1 is 1.17 bits per heavy atom. The predicted molar refractivity (Wildman–Crippen MR) is 77.6 cm³/mol. The maximum absolute atomic E-state index is 12.3. The van der Waals surface area contributed by atoms with E-state index >= 15 is 0 Å². The predicted octanol–water partition coefficient (Wildman–Crippen LogP) is 3.72. The van der Waals surface area contributed by atoms with Crippen LogP contribution in [0.4, 0.5) is 23.7 Å². The van der Waals surface area contributed by atoms with Crippen LogP contribution >= 0.6 is 0 Å². The molecule has 1 rings (SSSR count). The fraction of sp³-hybridized carbons (Fsp3) is 0.467. The van der Waals surface area contributed by atoms with Gasteiger partial charge in [0.15, 0.2) is 0 Å². The monoisotopic (exact) mass is 333 g/mol. The van der Waals surface area contributed by atoms with Gasteiger partial charge in [-0.2, -0.15) is 13.2 Å². The Labute approximate surface area is 131 Å². The summed E-state index contributed by atoms with van der Waals surface area (Å²) in [7, 11) is 1.26. The first-order chi connectivity index (χ1) is 10.4. The number of hydrogen-bond donors (Lipinski definition) is 1. The first kappa shape index (κ1) is 18.8. The van der Waals surface area contributed by atoms with Gasteiger partial charge in [0.1, 0.15) is 11.4 Å². The van der Waals surface area contributed by atoms with Crippen molar-refractivity contribution < 1.29 is 32.2 Å². The molecule has 1 aromatic rings. The van der Waals surface area contributed by atoms with Gasteiger partial charge in [0.05, 0.1) is 7.11 Å². The van der Waals surface area contributed by atoms with Crippen LogP contribution in [0.1, 0.15) is 26.3 Å². The number of Topliss-reactive ketones (excluding diaryl/α,β-unsaturated/α-hetero) is 1. The van der Waals surface area contributed by atoms with Crippen LogP contribution < -0.4 is 10.1 Å². The minimum absolute atomic E-state index is 0.0659. The number of alkyl halides is 3. The molecular formula is C15H18F3NO4. The number of halogens is 3. The molecule has 8 heteroatoms. The Balaban J connectivity index is 2.88. The van der Waals surface area contributed by atoms with Crippen molar-refractivity contribution in [2.24, 2.45) is 0 Å². The van der Waals surface area contributed by atoms with E-state index in [1.165, 1.54) is 25.3 Å². The summed E-state index contributed by atoms with van der Waals surface area (Å²) in [5.74, 6) is -1.81. The molecule has 0 saturated carbocycles. The number of ether oxygens (including phenoxy) is 2. The third-order valence-electron chi connectivity index (χ3n) is 2.60. The van der Waals surface area contributed by atoms with E-state index < -0.39 is 30.1 Å². The Morgan fingerprint density at radius 3 is 2.26 bits per heavy atom. The number of carbonyl (C=O) groups is 2. The van der Waals surface area contributed by atoms with Gasteiger partial charge in [-0.25, -0.2) is 4.79 Å². The number of hydrogen-bond acceptors (Lipinski definition) is 4. The highest BCUT2D eigenvalue weighted by molar-refractivity contribution is 5.88. The third-order valence-corrected chi connectivity index (χ3v) is 2.60. The second kappa shape index (κ2) is 6.89. The number of carbonyl (C=O) groups excluding carboxylic acids is 2. The maximum atomic E-state index is 12.3. The molecule has 1 amide bonds. The molecule has 0 aliphatic heterocycles. The van der Waals surface area contributed by atoms with Crippen LogP contribution in [0.2, 0.25) is 0 Å². The number of anilines is 1. The van der Waals surface area contributed by atoms with Crippen LogP contribution in [0.15, 0.2) is 18.2 Å². The average Bonchev–Trinajstić information content (AvgIpc) is 2.36. The molecule has 0 bridgehead atoms.